The highest BCUT2D eigenvalue weighted by molar-refractivity contribution is 9.10. The molecule has 2 rings (SSSR count). The fourth-order valence-electron chi connectivity index (χ4n) is 1.88. The molecule has 0 bridgehead atoms. The van der Waals surface area contributed by atoms with Crippen molar-refractivity contribution in [1.29, 1.82) is 0 Å². The van der Waals surface area contributed by atoms with Crippen molar-refractivity contribution in [3.8, 4) is 0 Å². The van der Waals surface area contributed by atoms with Gasteiger partial charge >= 0.3 is 0 Å². The van der Waals surface area contributed by atoms with Crippen molar-refractivity contribution in [2.24, 2.45) is 5.73 Å². The van der Waals surface area contributed by atoms with E-state index in [0.717, 1.165) is 6.54 Å². The van der Waals surface area contributed by atoms with E-state index in [-0.39, 0.29) is 0 Å². The van der Waals surface area contributed by atoms with Crippen molar-refractivity contribution >= 4 is 15.9 Å². The van der Waals surface area contributed by atoms with E-state index in [1.807, 2.05) is 0 Å². The fourth-order valence-corrected chi connectivity index (χ4v) is 2.44. The third-order valence-corrected chi connectivity index (χ3v) is 4.28. The number of benzene rings is 1. The van der Waals surface area contributed by atoms with Crippen molar-refractivity contribution in [3.63, 3.8) is 0 Å². The second-order valence-electron chi connectivity index (χ2n) is 4.38. The van der Waals surface area contributed by atoms with Gasteiger partial charge < -0.3 is 5.73 Å². The average molecular weight is 254 g/mol. The molecule has 0 saturated heterocycles. The molecule has 1 fully saturated rings. The van der Waals surface area contributed by atoms with E-state index in [1.165, 1.54) is 34.0 Å². The SMILES string of the molecule is Cc1cc(C2(CN)CC2)cc(Br)c1C. The molecule has 1 aromatic rings. The highest BCUT2D eigenvalue weighted by Gasteiger charge is 2.43. The van der Waals surface area contributed by atoms with Crippen LogP contribution in [0.4, 0.5) is 0 Å². The van der Waals surface area contributed by atoms with Gasteiger partial charge in [-0.3, -0.25) is 0 Å². The van der Waals surface area contributed by atoms with Crippen LogP contribution in [0.25, 0.3) is 0 Å². The summed E-state index contributed by atoms with van der Waals surface area (Å²) in [7, 11) is 0. The van der Waals surface area contributed by atoms with Crippen molar-refractivity contribution in [2.75, 3.05) is 6.54 Å². The van der Waals surface area contributed by atoms with E-state index in [2.05, 4.69) is 41.9 Å². The fraction of sp³-hybridized carbons (Fsp3) is 0.500. The van der Waals surface area contributed by atoms with Crippen LogP contribution in [0, 0.1) is 13.8 Å². The Balaban J connectivity index is 2.46. The molecule has 1 nitrogen and oxygen atoms in total. The lowest BCUT2D eigenvalue weighted by molar-refractivity contribution is 0.703. The van der Waals surface area contributed by atoms with Gasteiger partial charge in [-0.1, -0.05) is 22.0 Å². The maximum Gasteiger partial charge on any atom is 0.0210 e. The Labute approximate surface area is 93.8 Å². The van der Waals surface area contributed by atoms with Crippen LogP contribution in [0.2, 0.25) is 0 Å². The average Bonchev–Trinajstić information content (AvgIpc) is 2.94. The van der Waals surface area contributed by atoms with Gasteiger partial charge in [0.05, 0.1) is 0 Å². The molecule has 0 spiro atoms. The van der Waals surface area contributed by atoms with E-state index in [0.29, 0.717) is 5.41 Å². The van der Waals surface area contributed by atoms with Crippen molar-refractivity contribution < 1.29 is 0 Å². The summed E-state index contributed by atoms with van der Waals surface area (Å²) in [4.78, 5) is 0. The maximum atomic E-state index is 5.82. The number of halogens is 1. The summed E-state index contributed by atoms with van der Waals surface area (Å²) in [5.74, 6) is 0. The standard InChI is InChI=1S/C12H16BrN/c1-8-5-10(6-11(13)9(8)2)12(7-14)3-4-12/h5-6H,3-4,7,14H2,1-2H3. The maximum absolute atomic E-state index is 5.82. The minimum Gasteiger partial charge on any atom is -0.330 e. The largest absolute Gasteiger partial charge is 0.330 e. The zero-order valence-corrected chi connectivity index (χ0v) is 10.3. The first-order chi connectivity index (χ1) is 6.59. The van der Waals surface area contributed by atoms with E-state index in [9.17, 15) is 0 Å². The summed E-state index contributed by atoms with van der Waals surface area (Å²) in [6.07, 6.45) is 2.50. The molecule has 76 valence electrons. The predicted octanol–water partition coefficient (Wildman–Crippen LogP) is 3.06. The van der Waals surface area contributed by atoms with Crippen molar-refractivity contribution in [1.82, 2.24) is 0 Å². The lowest BCUT2D eigenvalue weighted by Gasteiger charge is -2.15. The molecule has 2 heteroatoms. The third-order valence-electron chi connectivity index (χ3n) is 3.46. The molecule has 0 unspecified atom stereocenters. The van der Waals surface area contributed by atoms with Gasteiger partial charge in [0.2, 0.25) is 0 Å². The highest BCUT2D eigenvalue weighted by Crippen LogP contribution is 2.48. The zero-order valence-electron chi connectivity index (χ0n) is 8.73. The topological polar surface area (TPSA) is 26.0 Å². The van der Waals surface area contributed by atoms with Gasteiger partial charge in [0.15, 0.2) is 0 Å². The Bertz CT molecular complexity index is 344. The second-order valence-corrected chi connectivity index (χ2v) is 5.24. The summed E-state index contributed by atoms with van der Waals surface area (Å²) in [6.45, 7) is 5.09. The molecule has 0 atom stereocenters. The van der Waals surface area contributed by atoms with Gasteiger partial charge in [0.1, 0.15) is 0 Å². The minimum absolute atomic E-state index is 0.307. The van der Waals surface area contributed by atoms with Crippen LogP contribution < -0.4 is 5.73 Å². The molecular formula is C12H16BrN. The molecule has 1 aliphatic rings. The Morgan fingerprint density at radius 3 is 2.43 bits per heavy atom. The number of hydrogen-bond donors (Lipinski definition) is 1. The van der Waals surface area contributed by atoms with Crippen LogP contribution in [0.5, 0.6) is 0 Å². The van der Waals surface area contributed by atoms with Crippen molar-refractivity contribution in [3.05, 3.63) is 33.3 Å². The van der Waals surface area contributed by atoms with Crippen LogP contribution in [0.1, 0.15) is 29.5 Å². The van der Waals surface area contributed by atoms with Crippen LogP contribution in [-0.4, -0.2) is 6.54 Å². The lowest BCUT2D eigenvalue weighted by atomic mass is 9.93. The van der Waals surface area contributed by atoms with Crippen LogP contribution in [0.3, 0.4) is 0 Å². The summed E-state index contributed by atoms with van der Waals surface area (Å²) in [5.41, 5.74) is 10.2. The molecule has 2 N–H and O–H groups in total. The first-order valence-corrected chi connectivity index (χ1v) is 5.86. The summed E-state index contributed by atoms with van der Waals surface area (Å²) in [5, 5.41) is 0. The van der Waals surface area contributed by atoms with Crippen molar-refractivity contribution in [2.45, 2.75) is 32.1 Å². The van der Waals surface area contributed by atoms with Gasteiger partial charge in [-0.2, -0.15) is 0 Å². The van der Waals surface area contributed by atoms with Crippen LogP contribution in [-0.2, 0) is 5.41 Å². The van der Waals surface area contributed by atoms with E-state index in [4.69, 9.17) is 5.73 Å². The van der Waals surface area contributed by atoms with Crippen LogP contribution in [0.15, 0.2) is 16.6 Å². The zero-order chi connectivity index (χ0) is 10.3. The van der Waals surface area contributed by atoms with E-state index < -0.39 is 0 Å². The Morgan fingerprint density at radius 2 is 2.00 bits per heavy atom. The summed E-state index contributed by atoms with van der Waals surface area (Å²) >= 11 is 3.61. The van der Waals surface area contributed by atoms with Gasteiger partial charge in [-0.25, -0.2) is 0 Å². The molecule has 1 aliphatic carbocycles. The Hall–Kier alpha value is -0.340. The minimum atomic E-state index is 0.307. The molecule has 1 saturated carbocycles. The first kappa shape index (κ1) is 10.2. The third kappa shape index (κ3) is 1.51. The van der Waals surface area contributed by atoms with Crippen LogP contribution >= 0.6 is 15.9 Å². The second kappa shape index (κ2) is 3.35. The van der Waals surface area contributed by atoms with Gasteiger partial charge in [0.25, 0.3) is 0 Å². The number of nitrogens with two attached hydrogens (primary N) is 1. The predicted molar refractivity (Wildman–Crippen MR) is 63.6 cm³/mol. The first-order valence-electron chi connectivity index (χ1n) is 5.06. The normalized spacial score (nSPS) is 18.3. The smallest absolute Gasteiger partial charge is 0.0210 e. The van der Waals surface area contributed by atoms with E-state index >= 15 is 0 Å². The Morgan fingerprint density at radius 1 is 1.36 bits per heavy atom. The van der Waals surface area contributed by atoms with Gasteiger partial charge in [-0.15, -0.1) is 0 Å². The monoisotopic (exact) mass is 253 g/mol. The Kier molecular flexibility index (Phi) is 2.44. The van der Waals surface area contributed by atoms with Gasteiger partial charge in [-0.05, 0) is 49.4 Å². The molecule has 0 aromatic heterocycles. The number of rotatable bonds is 2. The summed E-state index contributed by atoms with van der Waals surface area (Å²) in [6, 6.07) is 4.53. The molecule has 14 heavy (non-hydrogen) atoms. The number of aryl methyl sites for hydroxylation is 1. The quantitative estimate of drug-likeness (QED) is 0.862. The summed E-state index contributed by atoms with van der Waals surface area (Å²) < 4.78 is 1.22. The molecule has 1 aromatic carbocycles. The molecule has 0 aliphatic heterocycles. The molecular weight excluding hydrogens is 238 g/mol. The molecule has 0 heterocycles. The highest BCUT2D eigenvalue weighted by atomic mass is 79.9. The van der Waals surface area contributed by atoms with E-state index in [1.54, 1.807) is 0 Å². The van der Waals surface area contributed by atoms with Gasteiger partial charge in [0, 0.05) is 16.4 Å². The molecule has 0 radical (unpaired) electrons. The number of hydrogen-bond acceptors (Lipinski definition) is 1. The lowest BCUT2D eigenvalue weighted by Crippen LogP contribution is -2.19. The molecule has 0 amide bonds.